The Kier molecular flexibility index (Phi) is 38.2. The second-order valence-electron chi connectivity index (χ2n) is 18.0. The molecule has 1 aliphatic rings. The SMILES string of the molecule is CCC=CC1=C(c2cccc(C)c2)[N+](=[N-])C(c2cccc(CCCCCCCCCCCCCCCCCCCCCCCCCCCCC)c2)=C1CCCCCC.[CH3-].[CH3-].[Pd+2]. The third kappa shape index (κ3) is 25.1. The second-order valence-corrected chi connectivity index (χ2v) is 18.0. The third-order valence-electron chi connectivity index (χ3n) is 12.7. The fourth-order valence-corrected chi connectivity index (χ4v) is 9.08. The van der Waals surface area contributed by atoms with Gasteiger partial charge in [-0.15, -0.1) is 0 Å². The van der Waals surface area contributed by atoms with Gasteiger partial charge in [0.15, 0.2) is 0 Å². The van der Waals surface area contributed by atoms with Gasteiger partial charge in [0, 0.05) is 16.7 Å². The Morgan fingerprint density at radius 1 is 0.459 bits per heavy atom. The average Bonchev–Trinajstić information content (AvgIpc) is 3.51. The molecule has 0 saturated heterocycles. The van der Waals surface area contributed by atoms with Crippen molar-refractivity contribution in [2.24, 2.45) is 0 Å². The molecule has 0 radical (unpaired) electrons. The summed E-state index contributed by atoms with van der Waals surface area (Å²) in [6, 6.07) is 17.6. The molecule has 61 heavy (non-hydrogen) atoms. The van der Waals surface area contributed by atoms with Crippen LogP contribution in [0, 0.1) is 21.8 Å². The molecule has 0 spiro atoms. The van der Waals surface area contributed by atoms with E-state index in [1.807, 2.05) is 0 Å². The molecule has 0 amide bonds. The van der Waals surface area contributed by atoms with E-state index in [0.717, 1.165) is 48.2 Å². The fraction of sp³-hybridized carbons (Fsp3) is 0.655. The number of hydrogen-bond donors (Lipinski definition) is 0. The van der Waals surface area contributed by atoms with Crippen LogP contribution in [0.2, 0.25) is 0 Å². The Hall–Kier alpha value is -2.08. The Balaban J connectivity index is 0.0000120. The molecule has 0 fully saturated rings. The largest absolute Gasteiger partial charge is 2.00 e. The molecule has 0 N–H and O–H groups in total. The van der Waals surface area contributed by atoms with Crippen molar-refractivity contribution in [3.05, 3.63) is 114 Å². The molecule has 0 aromatic heterocycles. The van der Waals surface area contributed by atoms with E-state index in [1.165, 1.54) is 220 Å². The number of aryl methyl sites for hydroxylation is 2. The van der Waals surface area contributed by atoms with Gasteiger partial charge in [-0.1, -0.05) is 249 Å². The van der Waals surface area contributed by atoms with Gasteiger partial charge in [0.05, 0.1) is 5.57 Å². The molecule has 2 nitrogen and oxygen atoms in total. The zero-order valence-corrected chi connectivity index (χ0v) is 42.6. The van der Waals surface area contributed by atoms with Crippen LogP contribution >= 0.6 is 0 Å². The maximum Gasteiger partial charge on any atom is 2.00 e. The van der Waals surface area contributed by atoms with Crippen LogP contribution < -0.4 is 0 Å². The summed E-state index contributed by atoms with van der Waals surface area (Å²) in [5.74, 6) is 0. The van der Waals surface area contributed by atoms with Crippen LogP contribution in [0.1, 0.15) is 255 Å². The number of nitrogens with zero attached hydrogens (tertiary/aromatic N) is 2. The number of unbranched alkanes of at least 4 members (excludes halogenated alkanes) is 29. The second kappa shape index (κ2) is 39.5. The summed E-state index contributed by atoms with van der Waals surface area (Å²) in [6.45, 7) is 8.90. The van der Waals surface area contributed by atoms with E-state index < -0.39 is 0 Å². The van der Waals surface area contributed by atoms with Gasteiger partial charge < -0.3 is 20.4 Å². The minimum atomic E-state index is 0. The normalized spacial score (nSPS) is 12.6. The summed E-state index contributed by atoms with van der Waals surface area (Å²) < 4.78 is 1.51. The quantitative estimate of drug-likeness (QED) is 0.0279. The molecule has 348 valence electrons. The molecule has 0 aliphatic carbocycles. The monoisotopic (exact) mass is 927 g/mol. The van der Waals surface area contributed by atoms with E-state index in [-0.39, 0.29) is 35.3 Å². The van der Waals surface area contributed by atoms with Crippen LogP contribution in [0.4, 0.5) is 0 Å². The van der Waals surface area contributed by atoms with Crippen molar-refractivity contribution in [3.63, 3.8) is 0 Å². The van der Waals surface area contributed by atoms with Crippen LogP contribution in [0.15, 0.2) is 71.8 Å². The fourth-order valence-electron chi connectivity index (χ4n) is 9.08. The molecule has 1 heterocycles. The molecule has 0 bridgehead atoms. The molecular formula is C58H96N2Pd. The van der Waals surface area contributed by atoms with Crippen molar-refractivity contribution in [2.75, 3.05) is 0 Å². The number of benzene rings is 2. The van der Waals surface area contributed by atoms with Gasteiger partial charge in [0.25, 0.3) is 0 Å². The van der Waals surface area contributed by atoms with E-state index in [4.69, 9.17) is 0 Å². The maximum atomic E-state index is 11.9. The topological polar surface area (TPSA) is 25.3 Å². The average molecular weight is 928 g/mol. The molecular weight excluding hydrogens is 831 g/mol. The molecule has 3 heteroatoms. The zero-order chi connectivity index (χ0) is 41.3. The first-order valence-corrected chi connectivity index (χ1v) is 25.4. The predicted molar refractivity (Wildman–Crippen MR) is 270 cm³/mol. The third-order valence-corrected chi connectivity index (χ3v) is 12.7. The van der Waals surface area contributed by atoms with E-state index in [2.05, 4.69) is 88.4 Å². The predicted octanol–water partition coefficient (Wildman–Crippen LogP) is 20.1. The van der Waals surface area contributed by atoms with E-state index in [0.29, 0.717) is 0 Å². The molecule has 2 aromatic rings. The number of allylic oxidation sites excluding steroid dienone is 4. The summed E-state index contributed by atoms with van der Waals surface area (Å²) in [7, 11) is 0. The standard InChI is InChI=1S/C56H90N2.2CH3.Pd/c1-5-8-11-13-14-15-16-17-18-19-20-21-22-23-24-25-26-27-28-29-30-31-32-33-34-35-36-41-50-42-39-44-52(48-50)56-54(46-37-12-9-6-2)53(45-10-7-3)55(58(56)57)51-43-38-40-49(4)47-51;;;/h10,38-40,42-45,47-48H,5-9,11-37,41,46H2,1-4H3;2*1H3;/q;2*-1;+2. The van der Waals surface area contributed by atoms with Crippen LogP contribution in [-0.2, 0) is 26.8 Å². The van der Waals surface area contributed by atoms with Gasteiger partial charge in [0.2, 0.25) is 11.4 Å². The van der Waals surface area contributed by atoms with E-state index in [1.54, 1.807) is 0 Å². The molecule has 1 aliphatic heterocycles. The molecule has 0 unspecified atom stereocenters. The summed E-state index contributed by atoms with van der Waals surface area (Å²) in [6.07, 6.45) is 51.2. The smallest absolute Gasteiger partial charge is 0.493 e. The van der Waals surface area contributed by atoms with Crippen molar-refractivity contribution in [1.29, 1.82) is 0 Å². The van der Waals surface area contributed by atoms with Gasteiger partial charge in [0.1, 0.15) is 0 Å². The van der Waals surface area contributed by atoms with E-state index >= 15 is 0 Å². The van der Waals surface area contributed by atoms with Gasteiger partial charge in [-0.25, -0.2) is 4.70 Å². The van der Waals surface area contributed by atoms with Crippen LogP contribution in [0.5, 0.6) is 0 Å². The Bertz CT molecular complexity index is 1460. The minimum Gasteiger partial charge on any atom is -0.493 e. The van der Waals surface area contributed by atoms with Crippen LogP contribution in [0.3, 0.4) is 0 Å². The summed E-state index contributed by atoms with van der Waals surface area (Å²) in [5.41, 5.74) is 21.1. The molecule has 0 atom stereocenters. The summed E-state index contributed by atoms with van der Waals surface area (Å²) in [5, 5.41) is 0. The van der Waals surface area contributed by atoms with Crippen LogP contribution in [-0.4, -0.2) is 4.70 Å². The number of rotatable bonds is 37. The van der Waals surface area contributed by atoms with Gasteiger partial charge >= 0.3 is 20.4 Å². The van der Waals surface area contributed by atoms with Gasteiger partial charge in [-0.3, -0.25) is 0 Å². The maximum absolute atomic E-state index is 11.9. The Morgan fingerprint density at radius 2 is 0.836 bits per heavy atom. The molecule has 0 saturated carbocycles. The minimum absolute atomic E-state index is 0. The van der Waals surface area contributed by atoms with Crippen molar-refractivity contribution in [2.45, 2.75) is 246 Å². The first-order valence-electron chi connectivity index (χ1n) is 25.4. The number of hydrogen-bond acceptors (Lipinski definition) is 0. The first kappa shape index (κ1) is 58.9. The van der Waals surface area contributed by atoms with Gasteiger partial charge in [-0.2, -0.15) is 0 Å². The summed E-state index contributed by atoms with van der Waals surface area (Å²) in [4.78, 5) is 0. The van der Waals surface area contributed by atoms with Crippen LogP contribution in [0.25, 0.3) is 16.9 Å². The zero-order valence-electron chi connectivity index (χ0n) is 41.0. The van der Waals surface area contributed by atoms with Crippen molar-refractivity contribution in [3.8, 4) is 0 Å². The van der Waals surface area contributed by atoms with Crippen molar-refractivity contribution >= 4 is 11.4 Å². The Morgan fingerprint density at radius 3 is 1.26 bits per heavy atom. The molecule has 2 aromatic carbocycles. The van der Waals surface area contributed by atoms with Crippen molar-refractivity contribution < 1.29 is 25.1 Å². The van der Waals surface area contributed by atoms with Crippen molar-refractivity contribution in [1.82, 2.24) is 0 Å². The summed E-state index contributed by atoms with van der Waals surface area (Å²) >= 11 is 0. The molecule has 3 rings (SSSR count). The first-order chi connectivity index (χ1) is 28.6. The Labute approximate surface area is 394 Å². The van der Waals surface area contributed by atoms with Gasteiger partial charge in [-0.05, 0) is 68.9 Å². The van der Waals surface area contributed by atoms with E-state index in [9.17, 15) is 5.53 Å².